The molecule has 3 heteroatoms. The Bertz CT molecular complexity index is 139. The first-order valence-corrected chi connectivity index (χ1v) is 3.33. The Labute approximate surface area is 60.1 Å². The third kappa shape index (κ3) is 1.65. The zero-order valence-electron chi connectivity index (χ0n) is 5.80. The van der Waals surface area contributed by atoms with Crippen molar-refractivity contribution in [1.82, 2.24) is 5.32 Å². The third-order valence-corrected chi connectivity index (χ3v) is 1.45. The van der Waals surface area contributed by atoms with E-state index in [-0.39, 0.29) is 11.9 Å². The number of nitrogens with one attached hydrogen (secondary N) is 1. The van der Waals surface area contributed by atoms with Crippen LogP contribution in [0.15, 0.2) is 12.7 Å². The Morgan fingerprint density at radius 2 is 2.60 bits per heavy atom. The first-order valence-electron chi connectivity index (χ1n) is 3.33. The van der Waals surface area contributed by atoms with Gasteiger partial charge in [-0.1, -0.05) is 6.58 Å². The number of hydrogen-bond acceptors (Lipinski definition) is 3. The Morgan fingerprint density at radius 1 is 1.80 bits per heavy atom. The molecule has 1 heterocycles. The van der Waals surface area contributed by atoms with Gasteiger partial charge >= 0.3 is 0 Å². The van der Waals surface area contributed by atoms with Gasteiger partial charge in [0.05, 0.1) is 6.61 Å². The highest BCUT2D eigenvalue weighted by Crippen LogP contribution is 1.97. The molecular formula is C7H11NO2. The number of rotatable bonds is 2. The van der Waals surface area contributed by atoms with Crippen LogP contribution in [0.3, 0.4) is 0 Å². The Morgan fingerprint density at radius 3 is 3.10 bits per heavy atom. The van der Waals surface area contributed by atoms with Gasteiger partial charge in [-0.3, -0.25) is 4.79 Å². The van der Waals surface area contributed by atoms with Crippen LogP contribution in [-0.2, 0) is 9.53 Å². The maximum absolute atomic E-state index is 10.9. The van der Waals surface area contributed by atoms with Gasteiger partial charge in [0, 0.05) is 13.1 Å². The molecule has 0 aromatic rings. The minimum atomic E-state index is -0.300. The third-order valence-electron chi connectivity index (χ3n) is 1.45. The van der Waals surface area contributed by atoms with E-state index in [1.54, 1.807) is 0 Å². The summed E-state index contributed by atoms with van der Waals surface area (Å²) in [6.45, 7) is 5.44. The number of morpholine rings is 1. The molecule has 0 aromatic heterocycles. The predicted octanol–water partition coefficient (Wildman–Crippen LogP) is -0.270. The SMILES string of the molecule is C=CC(=O)[C@H]1CNCCO1. The minimum absolute atomic E-state index is 0.0350. The zero-order valence-corrected chi connectivity index (χ0v) is 5.80. The minimum Gasteiger partial charge on any atom is -0.367 e. The lowest BCUT2D eigenvalue weighted by Crippen LogP contribution is -2.42. The van der Waals surface area contributed by atoms with Gasteiger partial charge in [-0.25, -0.2) is 0 Å². The van der Waals surface area contributed by atoms with Gasteiger partial charge in [-0.05, 0) is 6.08 Å². The summed E-state index contributed by atoms with van der Waals surface area (Å²) < 4.78 is 5.15. The van der Waals surface area contributed by atoms with Gasteiger partial charge < -0.3 is 10.1 Å². The number of carbonyl (C=O) groups is 1. The summed E-state index contributed by atoms with van der Waals surface area (Å²) >= 11 is 0. The monoisotopic (exact) mass is 141 g/mol. The van der Waals surface area contributed by atoms with E-state index in [1.165, 1.54) is 6.08 Å². The standard InChI is InChI=1S/C7H11NO2/c1-2-6(9)7-5-8-3-4-10-7/h2,7-8H,1,3-5H2/t7-/m1/s1. The van der Waals surface area contributed by atoms with Crippen LogP contribution < -0.4 is 5.32 Å². The second-order valence-electron chi connectivity index (χ2n) is 2.17. The van der Waals surface area contributed by atoms with Crippen LogP contribution in [0, 0.1) is 0 Å². The van der Waals surface area contributed by atoms with E-state index >= 15 is 0 Å². The second kappa shape index (κ2) is 3.49. The van der Waals surface area contributed by atoms with Crippen molar-refractivity contribution >= 4 is 5.78 Å². The van der Waals surface area contributed by atoms with E-state index < -0.39 is 0 Å². The lowest BCUT2D eigenvalue weighted by atomic mass is 10.2. The van der Waals surface area contributed by atoms with Crippen molar-refractivity contribution in [3.05, 3.63) is 12.7 Å². The van der Waals surface area contributed by atoms with E-state index in [0.29, 0.717) is 13.2 Å². The van der Waals surface area contributed by atoms with Crippen molar-refractivity contribution in [3.63, 3.8) is 0 Å². The van der Waals surface area contributed by atoms with Gasteiger partial charge in [-0.2, -0.15) is 0 Å². The van der Waals surface area contributed by atoms with E-state index in [4.69, 9.17) is 4.74 Å². The molecule has 0 aromatic carbocycles. The lowest BCUT2D eigenvalue weighted by molar-refractivity contribution is -0.126. The number of carbonyl (C=O) groups excluding carboxylic acids is 1. The van der Waals surface area contributed by atoms with Crippen LogP contribution in [0.2, 0.25) is 0 Å². The van der Waals surface area contributed by atoms with E-state index in [9.17, 15) is 4.79 Å². The molecule has 0 amide bonds. The van der Waals surface area contributed by atoms with Gasteiger partial charge in [0.15, 0.2) is 5.78 Å². The van der Waals surface area contributed by atoms with Crippen LogP contribution in [0.5, 0.6) is 0 Å². The fraction of sp³-hybridized carbons (Fsp3) is 0.571. The van der Waals surface area contributed by atoms with Gasteiger partial charge in [0.25, 0.3) is 0 Å². The molecule has 0 radical (unpaired) electrons. The molecule has 1 atom stereocenters. The summed E-state index contributed by atoms with van der Waals surface area (Å²) in [6.07, 6.45) is 1.00. The maximum atomic E-state index is 10.9. The van der Waals surface area contributed by atoms with E-state index in [2.05, 4.69) is 11.9 Å². The topological polar surface area (TPSA) is 38.3 Å². The number of ketones is 1. The van der Waals surface area contributed by atoms with Gasteiger partial charge in [0.2, 0.25) is 0 Å². The molecule has 1 aliphatic rings. The zero-order chi connectivity index (χ0) is 7.40. The normalized spacial score (nSPS) is 25.8. The molecule has 0 bridgehead atoms. The first kappa shape index (κ1) is 7.44. The highest BCUT2D eigenvalue weighted by atomic mass is 16.5. The van der Waals surface area contributed by atoms with E-state index in [0.717, 1.165) is 6.54 Å². The average molecular weight is 141 g/mol. The fourth-order valence-electron chi connectivity index (χ4n) is 0.880. The maximum Gasteiger partial charge on any atom is 0.185 e. The molecule has 1 saturated heterocycles. The fourth-order valence-corrected chi connectivity index (χ4v) is 0.880. The Balaban J connectivity index is 2.38. The molecule has 0 aliphatic carbocycles. The first-order chi connectivity index (χ1) is 4.84. The highest BCUT2D eigenvalue weighted by molar-refractivity contribution is 5.93. The van der Waals surface area contributed by atoms with Crippen molar-refractivity contribution in [2.24, 2.45) is 0 Å². The van der Waals surface area contributed by atoms with Gasteiger partial charge in [0.1, 0.15) is 6.10 Å². The predicted molar refractivity (Wildman–Crippen MR) is 37.8 cm³/mol. The molecule has 0 unspecified atom stereocenters. The number of ether oxygens (including phenoxy) is 1. The quantitative estimate of drug-likeness (QED) is 0.538. The summed E-state index contributed by atoms with van der Waals surface area (Å²) in [5.41, 5.74) is 0. The molecule has 1 aliphatic heterocycles. The summed E-state index contributed by atoms with van der Waals surface area (Å²) in [5, 5.41) is 3.06. The van der Waals surface area contributed by atoms with Crippen LogP contribution in [-0.4, -0.2) is 31.6 Å². The highest BCUT2D eigenvalue weighted by Gasteiger charge is 2.18. The molecule has 1 N–H and O–H groups in total. The van der Waals surface area contributed by atoms with E-state index in [1.807, 2.05) is 0 Å². The average Bonchev–Trinajstić information content (AvgIpc) is 2.05. The van der Waals surface area contributed by atoms with Crippen molar-refractivity contribution in [1.29, 1.82) is 0 Å². The Kier molecular flexibility index (Phi) is 2.59. The summed E-state index contributed by atoms with van der Waals surface area (Å²) in [5.74, 6) is -0.0350. The lowest BCUT2D eigenvalue weighted by Gasteiger charge is -2.20. The molecule has 1 rings (SSSR count). The second-order valence-corrected chi connectivity index (χ2v) is 2.17. The van der Waals surface area contributed by atoms with Crippen LogP contribution >= 0.6 is 0 Å². The molecule has 56 valence electrons. The van der Waals surface area contributed by atoms with Crippen molar-refractivity contribution in [2.75, 3.05) is 19.7 Å². The molecule has 0 saturated carbocycles. The molecular weight excluding hydrogens is 130 g/mol. The summed E-state index contributed by atoms with van der Waals surface area (Å²) in [6, 6.07) is 0. The molecule has 1 fully saturated rings. The molecule has 10 heavy (non-hydrogen) atoms. The summed E-state index contributed by atoms with van der Waals surface area (Å²) in [7, 11) is 0. The molecule has 0 spiro atoms. The largest absolute Gasteiger partial charge is 0.367 e. The van der Waals surface area contributed by atoms with Gasteiger partial charge in [-0.15, -0.1) is 0 Å². The number of hydrogen-bond donors (Lipinski definition) is 1. The van der Waals surface area contributed by atoms with Crippen LogP contribution in [0.25, 0.3) is 0 Å². The van der Waals surface area contributed by atoms with Crippen LogP contribution in [0.4, 0.5) is 0 Å². The van der Waals surface area contributed by atoms with Crippen molar-refractivity contribution in [2.45, 2.75) is 6.10 Å². The van der Waals surface area contributed by atoms with Crippen molar-refractivity contribution < 1.29 is 9.53 Å². The van der Waals surface area contributed by atoms with Crippen molar-refractivity contribution in [3.8, 4) is 0 Å². The Hall–Kier alpha value is -0.670. The van der Waals surface area contributed by atoms with Crippen LogP contribution in [0.1, 0.15) is 0 Å². The molecule has 3 nitrogen and oxygen atoms in total. The smallest absolute Gasteiger partial charge is 0.185 e. The summed E-state index contributed by atoms with van der Waals surface area (Å²) in [4.78, 5) is 10.9.